The lowest BCUT2D eigenvalue weighted by atomic mass is 10.1. The van der Waals surface area contributed by atoms with E-state index in [2.05, 4.69) is 10.3 Å². The van der Waals surface area contributed by atoms with Gasteiger partial charge in [-0.1, -0.05) is 12.1 Å². The van der Waals surface area contributed by atoms with Crippen LogP contribution in [0.25, 0.3) is 0 Å². The van der Waals surface area contributed by atoms with Gasteiger partial charge in [0.1, 0.15) is 17.9 Å². The fraction of sp³-hybridized carbons (Fsp3) is 0.421. The molecule has 11 heteroatoms. The number of hydrogen-bond acceptors (Lipinski definition) is 7. The van der Waals surface area contributed by atoms with E-state index in [1.54, 1.807) is 10.6 Å². The molecule has 30 heavy (non-hydrogen) atoms. The van der Waals surface area contributed by atoms with Crippen molar-refractivity contribution in [3.05, 3.63) is 57.5 Å². The summed E-state index contributed by atoms with van der Waals surface area (Å²) in [5.74, 6) is -1.56. The Morgan fingerprint density at radius 2 is 2.00 bits per heavy atom. The van der Waals surface area contributed by atoms with Crippen molar-refractivity contribution in [1.82, 2.24) is 24.1 Å². The number of hydrogen-bond donors (Lipinski definition) is 2. The third-order valence-corrected chi connectivity index (χ3v) is 6.21. The average Bonchev–Trinajstić information content (AvgIpc) is 2.72. The van der Waals surface area contributed by atoms with Crippen LogP contribution in [-0.2, 0) is 25.0 Å². The van der Waals surface area contributed by atoms with Gasteiger partial charge >= 0.3 is 0 Å². The Kier molecular flexibility index (Phi) is 6.76. The number of aromatic nitrogens is 2. The zero-order valence-corrected chi connectivity index (χ0v) is 17.8. The monoisotopic (exact) mass is 437 g/mol. The van der Waals surface area contributed by atoms with Gasteiger partial charge in [-0.3, -0.25) is 19.1 Å². The molecule has 2 unspecified atom stereocenters. The topological polar surface area (TPSA) is 114 Å². The lowest BCUT2D eigenvalue weighted by molar-refractivity contribution is 0.0938. The maximum Gasteiger partial charge on any atom is 0.296 e. The summed E-state index contributed by atoms with van der Waals surface area (Å²) in [6.45, 7) is 1.65. The van der Waals surface area contributed by atoms with E-state index < -0.39 is 28.6 Å². The molecule has 0 bridgehead atoms. The number of nitrogens with one attached hydrogen (secondary N) is 1. The fourth-order valence-corrected chi connectivity index (χ4v) is 3.98. The first-order valence-corrected chi connectivity index (χ1v) is 10.8. The number of likely N-dealkylation sites (N-methyl/N-ethyl adjacent to an activating group) is 1. The maximum atomic E-state index is 13.0. The normalized spacial score (nSPS) is 18.9. The van der Waals surface area contributed by atoms with Crippen molar-refractivity contribution in [2.24, 2.45) is 7.05 Å². The zero-order chi connectivity index (χ0) is 22.0. The largest absolute Gasteiger partial charge is 0.598 e. The Hall–Kier alpha value is -2.47. The minimum Gasteiger partial charge on any atom is -0.598 e. The Labute approximate surface area is 176 Å². The number of benzene rings is 1. The van der Waals surface area contributed by atoms with Crippen molar-refractivity contribution in [2.45, 2.75) is 12.6 Å². The van der Waals surface area contributed by atoms with Crippen LogP contribution >= 0.6 is 0 Å². The molecule has 2 aromatic rings. The number of carbonyl (C=O) groups is 1. The standard InChI is InChI=1S/C19H24FN5O4S/c1-23-8-9-25(30(3)29)11-14(23)17-22-15(16(26)19(28)24(17)2)18(27)21-10-12-4-6-13(20)7-5-12/h4-7,14,26H,8-11H2,1-3H3,(H,21,27). The summed E-state index contributed by atoms with van der Waals surface area (Å²) < 4.78 is 27.9. The molecule has 1 aromatic heterocycles. The molecule has 0 radical (unpaired) electrons. The van der Waals surface area contributed by atoms with Crippen LogP contribution in [0.15, 0.2) is 29.1 Å². The molecular formula is C19H24FN5O4S. The van der Waals surface area contributed by atoms with E-state index >= 15 is 0 Å². The number of aromatic hydroxyl groups is 1. The van der Waals surface area contributed by atoms with Gasteiger partial charge in [0.25, 0.3) is 11.5 Å². The smallest absolute Gasteiger partial charge is 0.296 e. The van der Waals surface area contributed by atoms with Crippen LogP contribution in [-0.4, -0.2) is 67.3 Å². The number of piperazine rings is 1. The average molecular weight is 437 g/mol. The first-order valence-electron chi connectivity index (χ1n) is 9.30. The summed E-state index contributed by atoms with van der Waals surface area (Å²) in [6.07, 6.45) is 1.58. The second-order valence-electron chi connectivity index (χ2n) is 7.15. The van der Waals surface area contributed by atoms with Gasteiger partial charge in [0.15, 0.2) is 5.69 Å². The van der Waals surface area contributed by atoms with Crippen molar-refractivity contribution in [1.29, 1.82) is 0 Å². The molecule has 1 aliphatic heterocycles. The van der Waals surface area contributed by atoms with E-state index in [-0.39, 0.29) is 24.1 Å². The second kappa shape index (κ2) is 9.13. The molecule has 162 valence electrons. The molecule has 1 saturated heterocycles. The van der Waals surface area contributed by atoms with E-state index in [0.29, 0.717) is 31.0 Å². The van der Waals surface area contributed by atoms with Crippen LogP contribution in [0.4, 0.5) is 4.39 Å². The molecule has 2 N–H and O–H groups in total. The quantitative estimate of drug-likeness (QED) is 0.640. The van der Waals surface area contributed by atoms with Gasteiger partial charge in [0, 0.05) is 31.5 Å². The van der Waals surface area contributed by atoms with Crippen molar-refractivity contribution in [3.63, 3.8) is 0 Å². The van der Waals surface area contributed by atoms with Crippen molar-refractivity contribution in [3.8, 4) is 5.75 Å². The van der Waals surface area contributed by atoms with Gasteiger partial charge in [-0.05, 0) is 24.7 Å². The van der Waals surface area contributed by atoms with Gasteiger partial charge in [0.2, 0.25) is 5.75 Å². The highest BCUT2D eigenvalue weighted by Gasteiger charge is 2.34. The van der Waals surface area contributed by atoms with Gasteiger partial charge in [-0.2, -0.15) is 0 Å². The first kappa shape index (κ1) is 22.2. The lowest BCUT2D eigenvalue weighted by Crippen LogP contribution is -2.50. The molecule has 0 aliphatic carbocycles. The Bertz CT molecular complexity index is 982. The molecule has 2 heterocycles. The van der Waals surface area contributed by atoms with Crippen molar-refractivity contribution < 1.29 is 18.8 Å². The third-order valence-electron chi connectivity index (χ3n) is 5.16. The molecular weight excluding hydrogens is 413 g/mol. The lowest BCUT2D eigenvalue weighted by Gasteiger charge is -2.38. The molecule has 2 atom stereocenters. The molecule has 1 fully saturated rings. The number of nitrogens with zero attached hydrogens (tertiary/aromatic N) is 4. The summed E-state index contributed by atoms with van der Waals surface area (Å²) in [4.78, 5) is 31.4. The van der Waals surface area contributed by atoms with Crippen LogP contribution in [0.5, 0.6) is 5.75 Å². The van der Waals surface area contributed by atoms with E-state index in [0.717, 1.165) is 0 Å². The van der Waals surface area contributed by atoms with Crippen LogP contribution in [0, 0.1) is 5.82 Å². The van der Waals surface area contributed by atoms with Crippen LogP contribution < -0.4 is 10.9 Å². The van der Waals surface area contributed by atoms with Gasteiger partial charge in [0.05, 0.1) is 19.1 Å². The van der Waals surface area contributed by atoms with E-state index in [1.165, 1.54) is 35.9 Å². The number of carbonyl (C=O) groups excluding carboxylic acids is 1. The van der Waals surface area contributed by atoms with Crippen molar-refractivity contribution >= 4 is 17.3 Å². The summed E-state index contributed by atoms with van der Waals surface area (Å²) in [6, 6.07) is 5.21. The highest BCUT2D eigenvalue weighted by atomic mass is 32.2. The molecule has 1 aliphatic rings. The van der Waals surface area contributed by atoms with Crippen molar-refractivity contribution in [2.75, 3.05) is 32.9 Å². The highest BCUT2D eigenvalue weighted by Crippen LogP contribution is 2.24. The molecule has 1 aromatic carbocycles. The van der Waals surface area contributed by atoms with Gasteiger partial charge < -0.3 is 15.0 Å². The van der Waals surface area contributed by atoms with Crippen LogP contribution in [0.3, 0.4) is 0 Å². The molecule has 9 nitrogen and oxygen atoms in total. The first-order chi connectivity index (χ1) is 14.2. The fourth-order valence-electron chi connectivity index (χ4n) is 3.29. The summed E-state index contributed by atoms with van der Waals surface area (Å²) >= 11 is -1.18. The molecule has 1 amide bonds. The minimum atomic E-state index is -1.18. The predicted octanol–water partition coefficient (Wildman–Crippen LogP) is 0.137. The molecule has 0 saturated carbocycles. The van der Waals surface area contributed by atoms with Gasteiger partial charge in [-0.25, -0.2) is 9.37 Å². The molecule has 3 rings (SSSR count). The van der Waals surface area contributed by atoms with Crippen LogP contribution in [0.1, 0.15) is 27.9 Å². The third kappa shape index (κ3) is 4.64. The van der Waals surface area contributed by atoms with E-state index in [9.17, 15) is 23.6 Å². The van der Waals surface area contributed by atoms with Gasteiger partial charge in [-0.15, -0.1) is 4.31 Å². The molecule has 0 spiro atoms. The number of halogens is 1. The number of rotatable bonds is 5. The van der Waals surface area contributed by atoms with E-state index in [4.69, 9.17) is 0 Å². The minimum absolute atomic E-state index is 0.0801. The maximum absolute atomic E-state index is 13.0. The summed E-state index contributed by atoms with van der Waals surface area (Å²) in [7, 11) is 3.33. The second-order valence-corrected chi connectivity index (χ2v) is 8.51. The Morgan fingerprint density at radius 3 is 2.63 bits per heavy atom. The predicted molar refractivity (Wildman–Crippen MR) is 110 cm³/mol. The number of amides is 1. The summed E-state index contributed by atoms with van der Waals surface area (Å²) in [5.41, 5.74) is -0.463. The highest BCUT2D eigenvalue weighted by molar-refractivity contribution is 7.88. The Balaban J connectivity index is 1.88. The van der Waals surface area contributed by atoms with E-state index in [1.807, 2.05) is 11.9 Å². The zero-order valence-electron chi connectivity index (χ0n) is 17.0. The van der Waals surface area contributed by atoms with Crippen LogP contribution in [0.2, 0.25) is 0 Å². The SMILES string of the molecule is CN1CCN([S+](C)[O-])CC1c1nc(C(=O)NCc2ccc(F)cc2)c(O)c(=O)n1C. The summed E-state index contributed by atoms with van der Waals surface area (Å²) in [5, 5.41) is 12.8. The Morgan fingerprint density at radius 1 is 1.33 bits per heavy atom.